The molecule has 0 saturated carbocycles. The lowest BCUT2D eigenvalue weighted by atomic mass is 9.96. The molecule has 6 heteroatoms. The Hall–Kier alpha value is -4.06. The van der Waals surface area contributed by atoms with Gasteiger partial charge in [0.05, 0.1) is 25.5 Å². The molecular weight excluding hydrogens is 450 g/mol. The summed E-state index contributed by atoms with van der Waals surface area (Å²) in [6.45, 7) is 5.53. The zero-order valence-electron chi connectivity index (χ0n) is 20.9. The second-order valence-electron chi connectivity index (χ2n) is 9.51. The number of amides is 1. The van der Waals surface area contributed by atoms with Crippen LogP contribution in [-0.2, 0) is 6.54 Å². The molecule has 1 aliphatic heterocycles. The van der Waals surface area contributed by atoms with Gasteiger partial charge in [-0.1, -0.05) is 68.4 Å². The maximum atomic E-state index is 13.6. The minimum atomic E-state index is -0.270. The van der Waals surface area contributed by atoms with E-state index in [1.807, 2.05) is 71.6 Å². The molecule has 0 radical (unpaired) electrons. The van der Waals surface area contributed by atoms with Crippen LogP contribution in [0.3, 0.4) is 0 Å². The van der Waals surface area contributed by atoms with E-state index in [2.05, 4.69) is 36.2 Å². The monoisotopic (exact) mass is 481 g/mol. The molecule has 4 aromatic rings. The topological polar surface area (TPSA) is 67.5 Å². The summed E-state index contributed by atoms with van der Waals surface area (Å²) >= 11 is 0. The van der Waals surface area contributed by atoms with Crippen LogP contribution >= 0.6 is 0 Å². The first-order valence-electron chi connectivity index (χ1n) is 12.4. The maximum Gasteiger partial charge on any atom is 0.273 e. The standard InChI is InChI=1S/C30H31N3O3/c1-20(2)17-18-36-25-15-11-23(12-16-25)29-26-27(22-7-5-4-6-8-22)31-32-28(26)30(34)33(29)19-21-9-13-24(35-3)14-10-21/h4-16,20,29H,17-19H2,1-3H3,(H,31,32). The van der Waals surface area contributed by atoms with Crippen LogP contribution in [0.4, 0.5) is 0 Å². The Labute approximate surface area is 211 Å². The summed E-state index contributed by atoms with van der Waals surface area (Å²) in [6, 6.07) is 25.7. The second-order valence-corrected chi connectivity index (χ2v) is 9.51. The highest BCUT2D eigenvalue weighted by Crippen LogP contribution is 2.43. The molecule has 1 amide bonds. The number of methoxy groups -OCH3 is 1. The summed E-state index contributed by atoms with van der Waals surface area (Å²) in [4.78, 5) is 15.5. The molecule has 0 aliphatic carbocycles. The van der Waals surface area contributed by atoms with E-state index in [4.69, 9.17) is 9.47 Å². The van der Waals surface area contributed by atoms with Crippen molar-refractivity contribution in [3.63, 3.8) is 0 Å². The van der Waals surface area contributed by atoms with Gasteiger partial charge < -0.3 is 14.4 Å². The molecule has 1 aromatic heterocycles. The average Bonchev–Trinajstić information content (AvgIpc) is 3.44. The summed E-state index contributed by atoms with van der Waals surface area (Å²) in [5.41, 5.74) is 5.29. The van der Waals surface area contributed by atoms with E-state index in [-0.39, 0.29) is 11.9 Å². The molecule has 1 aliphatic rings. The molecule has 0 bridgehead atoms. The molecular formula is C30H31N3O3. The second kappa shape index (κ2) is 10.3. The van der Waals surface area contributed by atoms with Gasteiger partial charge in [-0.3, -0.25) is 9.89 Å². The van der Waals surface area contributed by atoms with Gasteiger partial charge in [-0.15, -0.1) is 0 Å². The van der Waals surface area contributed by atoms with E-state index >= 15 is 0 Å². The van der Waals surface area contributed by atoms with Crippen LogP contribution in [-0.4, -0.2) is 34.7 Å². The minimum Gasteiger partial charge on any atom is -0.497 e. The fourth-order valence-corrected chi connectivity index (χ4v) is 4.61. The van der Waals surface area contributed by atoms with Gasteiger partial charge in [-0.25, -0.2) is 0 Å². The fraction of sp³-hybridized carbons (Fsp3) is 0.267. The number of hydrogen-bond donors (Lipinski definition) is 1. The Morgan fingerprint density at radius 2 is 1.64 bits per heavy atom. The molecule has 184 valence electrons. The van der Waals surface area contributed by atoms with E-state index in [1.54, 1.807) is 7.11 Å². The van der Waals surface area contributed by atoms with E-state index in [1.165, 1.54) is 0 Å². The zero-order chi connectivity index (χ0) is 25.1. The molecule has 3 aromatic carbocycles. The quantitative estimate of drug-likeness (QED) is 0.307. The average molecular weight is 482 g/mol. The molecule has 36 heavy (non-hydrogen) atoms. The van der Waals surface area contributed by atoms with Crippen molar-refractivity contribution in [3.05, 3.63) is 101 Å². The minimum absolute atomic E-state index is 0.0576. The van der Waals surface area contributed by atoms with Crippen LogP contribution in [0.1, 0.15) is 53.5 Å². The Morgan fingerprint density at radius 3 is 2.31 bits per heavy atom. The number of ether oxygens (including phenoxy) is 2. The van der Waals surface area contributed by atoms with Crippen molar-refractivity contribution in [3.8, 4) is 22.8 Å². The summed E-state index contributed by atoms with van der Waals surface area (Å²) < 4.78 is 11.2. The lowest BCUT2D eigenvalue weighted by Crippen LogP contribution is -2.29. The molecule has 6 nitrogen and oxygen atoms in total. The maximum absolute atomic E-state index is 13.6. The van der Waals surface area contributed by atoms with Gasteiger partial charge in [0.1, 0.15) is 17.2 Å². The predicted molar refractivity (Wildman–Crippen MR) is 140 cm³/mol. The third-order valence-corrected chi connectivity index (χ3v) is 6.58. The van der Waals surface area contributed by atoms with Crippen molar-refractivity contribution in [2.24, 2.45) is 5.92 Å². The largest absolute Gasteiger partial charge is 0.497 e. The van der Waals surface area contributed by atoms with Crippen molar-refractivity contribution < 1.29 is 14.3 Å². The Morgan fingerprint density at radius 1 is 0.944 bits per heavy atom. The third-order valence-electron chi connectivity index (χ3n) is 6.58. The Bertz CT molecular complexity index is 1310. The number of rotatable bonds is 9. The lowest BCUT2D eigenvalue weighted by molar-refractivity contribution is 0.0730. The molecule has 1 unspecified atom stereocenters. The van der Waals surface area contributed by atoms with Crippen molar-refractivity contribution >= 4 is 5.91 Å². The summed E-state index contributed by atoms with van der Waals surface area (Å²) in [6.07, 6.45) is 1.01. The van der Waals surface area contributed by atoms with Crippen molar-refractivity contribution in [2.75, 3.05) is 13.7 Å². The van der Waals surface area contributed by atoms with Gasteiger partial charge in [-0.2, -0.15) is 5.10 Å². The molecule has 2 heterocycles. The predicted octanol–water partition coefficient (Wildman–Crippen LogP) is 6.26. The molecule has 0 fully saturated rings. The summed E-state index contributed by atoms with van der Waals surface area (Å²) in [7, 11) is 1.65. The number of benzene rings is 3. The number of carbonyl (C=O) groups excluding carboxylic acids is 1. The highest BCUT2D eigenvalue weighted by molar-refractivity contribution is 6.00. The third kappa shape index (κ3) is 4.71. The lowest BCUT2D eigenvalue weighted by Gasteiger charge is -2.27. The van der Waals surface area contributed by atoms with Crippen LogP contribution < -0.4 is 9.47 Å². The Kier molecular flexibility index (Phi) is 6.76. The first kappa shape index (κ1) is 23.7. The number of fused-ring (bicyclic) bond motifs is 1. The van der Waals surface area contributed by atoms with Gasteiger partial charge in [0, 0.05) is 17.7 Å². The first-order chi connectivity index (χ1) is 17.5. The van der Waals surface area contributed by atoms with Crippen LogP contribution in [0.5, 0.6) is 11.5 Å². The summed E-state index contributed by atoms with van der Waals surface area (Å²) in [5, 5.41) is 7.59. The van der Waals surface area contributed by atoms with Crippen molar-refractivity contribution in [2.45, 2.75) is 32.9 Å². The van der Waals surface area contributed by atoms with E-state index in [0.717, 1.165) is 45.9 Å². The highest BCUT2D eigenvalue weighted by Gasteiger charge is 2.42. The molecule has 0 saturated heterocycles. The van der Waals surface area contributed by atoms with Crippen molar-refractivity contribution in [1.29, 1.82) is 0 Å². The SMILES string of the molecule is COc1ccc(CN2C(=O)c3[nH]nc(-c4ccccc4)c3C2c2ccc(OCCC(C)C)cc2)cc1. The Balaban J connectivity index is 1.51. The molecule has 0 spiro atoms. The van der Waals surface area contributed by atoms with Crippen LogP contribution in [0.15, 0.2) is 78.9 Å². The van der Waals surface area contributed by atoms with Gasteiger partial charge in [0.25, 0.3) is 5.91 Å². The smallest absolute Gasteiger partial charge is 0.273 e. The van der Waals surface area contributed by atoms with E-state index in [0.29, 0.717) is 24.8 Å². The zero-order valence-corrected chi connectivity index (χ0v) is 20.9. The number of nitrogens with zero attached hydrogens (tertiary/aromatic N) is 2. The number of carbonyl (C=O) groups is 1. The molecule has 1 atom stereocenters. The number of H-pyrrole nitrogens is 1. The molecule has 1 N–H and O–H groups in total. The number of aromatic nitrogens is 2. The van der Waals surface area contributed by atoms with Crippen molar-refractivity contribution in [1.82, 2.24) is 15.1 Å². The summed E-state index contributed by atoms with van der Waals surface area (Å²) in [5.74, 6) is 2.16. The highest BCUT2D eigenvalue weighted by atomic mass is 16.5. The molecule has 5 rings (SSSR count). The van der Waals surface area contributed by atoms with Gasteiger partial charge in [0.2, 0.25) is 0 Å². The first-order valence-corrected chi connectivity index (χ1v) is 12.4. The van der Waals surface area contributed by atoms with Crippen LogP contribution in [0, 0.1) is 5.92 Å². The fourth-order valence-electron chi connectivity index (χ4n) is 4.61. The normalized spacial score (nSPS) is 14.8. The van der Waals surface area contributed by atoms with E-state index in [9.17, 15) is 4.79 Å². The number of hydrogen-bond acceptors (Lipinski definition) is 4. The van der Waals surface area contributed by atoms with Gasteiger partial charge in [-0.05, 0) is 47.7 Å². The van der Waals surface area contributed by atoms with Gasteiger partial charge >= 0.3 is 0 Å². The van der Waals surface area contributed by atoms with Crippen LogP contribution in [0.25, 0.3) is 11.3 Å². The number of nitrogens with one attached hydrogen (secondary N) is 1. The van der Waals surface area contributed by atoms with E-state index < -0.39 is 0 Å². The van der Waals surface area contributed by atoms with Crippen LogP contribution in [0.2, 0.25) is 0 Å². The number of aromatic amines is 1. The van der Waals surface area contributed by atoms with Gasteiger partial charge in [0.15, 0.2) is 0 Å².